The van der Waals surface area contributed by atoms with E-state index >= 15 is 0 Å². The first kappa shape index (κ1) is 15.6. The van der Waals surface area contributed by atoms with Crippen molar-refractivity contribution in [2.75, 3.05) is 44.4 Å². The van der Waals surface area contributed by atoms with E-state index in [1.165, 1.54) is 12.8 Å². The van der Waals surface area contributed by atoms with Gasteiger partial charge in [-0.25, -0.2) is 4.79 Å². The van der Waals surface area contributed by atoms with Gasteiger partial charge in [-0.1, -0.05) is 0 Å². The average molecular weight is 291 g/mol. The number of benzene rings is 1. The fourth-order valence-electron chi connectivity index (χ4n) is 2.87. The maximum Gasteiger partial charge on any atom is 0.338 e. The van der Waals surface area contributed by atoms with Crippen LogP contribution in [0.2, 0.25) is 0 Å². The Morgan fingerprint density at radius 3 is 2.86 bits per heavy atom. The van der Waals surface area contributed by atoms with Crippen LogP contribution in [0.3, 0.4) is 0 Å². The van der Waals surface area contributed by atoms with Crippen molar-refractivity contribution < 1.29 is 9.53 Å². The maximum absolute atomic E-state index is 11.7. The van der Waals surface area contributed by atoms with Gasteiger partial charge < -0.3 is 20.3 Å². The lowest BCUT2D eigenvalue weighted by molar-refractivity contribution is 0.0526. The molecule has 0 saturated carbocycles. The van der Waals surface area contributed by atoms with Gasteiger partial charge in [0.25, 0.3) is 0 Å². The molecule has 1 aromatic carbocycles. The molecule has 1 aliphatic heterocycles. The molecule has 1 aliphatic rings. The number of rotatable bonds is 5. The Morgan fingerprint density at radius 2 is 2.29 bits per heavy atom. The third kappa shape index (κ3) is 3.67. The van der Waals surface area contributed by atoms with Gasteiger partial charge in [0.2, 0.25) is 0 Å². The van der Waals surface area contributed by atoms with Crippen molar-refractivity contribution in [3.8, 4) is 0 Å². The number of carbonyl (C=O) groups excluding carboxylic acids is 1. The highest BCUT2D eigenvalue weighted by molar-refractivity contribution is 5.92. The van der Waals surface area contributed by atoms with Crippen LogP contribution in [0.5, 0.6) is 0 Å². The van der Waals surface area contributed by atoms with Crippen molar-refractivity contribution in [3.05, 3.63) is 23.8 Å². The molecule has 21 heavy (non-hydrogen) atoms. The van der Waals surface area contributed by atoms with Crippen molar-refractivity contribution in [2.45, 2.75) is 25.8 Å². The van der Waals surface area contributed by atoms with Gasteiger partial charge in [0, 0.05) is 19.6 Å². The zero-order chi connectivity index (χ0) is 15.4. The average Bonchev–Trinajstić information content (AvgIpc) is 2.84. The number of likely N-dealkylation sites (N-methyl/N-ethyl adjacent to an activating group) is 2. The largest absolute Gasteiger partial charge is 0.462 e. The third-order valence-electron chi connectivity index (χ3n) is 4.11. The lowest BCUT2D eigenvalue weighted by Gasteiger charge is -2.28. The summed E-state index contributed by atoms with van der Waals surface area (Å²) in [6.45, 7) is 4.27. The fourth-order valence-corrected chi connectivity index (χ4v) is 2.87. The van der Waals surface area contributed by atoms with Crippen molar-refractivity contribution in [3.63, 3.8) is 0 Å². The SMILES string of the molecule is CCOC(=O)c1ccc(N(C)CC2CCCN2C)c(N)c1. The summed E-state index contributed by atoms with van der Waals surface area (Å²) in [7, 11) is 4.21. The van der Waals surface area contributed by atoms with Crippen LogP contribution in [-0.4, -0.2) is 50.7 Å². The fraction of sp³-hybridized carbons (Fsp3) is 0.562. The Balaban J connectivity index is 2.07. The number of ether oxygens (including phenoxy) is 1. The van der Waals surface area contributed by atoms with Gasteiger partial charge in [0.1, 0.15) is 0 Å². The van der Waals surface area contributed by atoms with E-state index in [0.29, 0.717) is 23.9 Å². The van der Waals surface area contributed by atoms with Crippen LogP contribution in [0.25, 0.3) is 0 Å². The van der Waals surface area contributed by atoms with E-state index in [0.717, 1.165) is 18.8 Å². The van der Waals surface area contributed by atoms with Gasteiger partial charge in [-0.05, 0) is 51.6 Å². The zero-order valence-corrected chi connectivity index (χ0v) is 13.1. The second kappa shape index (κ2) is 6.80. The van der Waals surface area contributed by atoms with E-state index in [9.17, 15) is 4.79 Å². The van der Waals surface area contributed by atoms with E-state index in [1.54, 1.807) is 19.1 Å². The Labute approximate surface area is 126 Å². The summed E-state index contributed by atoms with van der Waals surface area (Å²) >= 11 is 0. The molecule has 0 aromatic heterocycles. The van der Waals surface area contributed by atoms with Crippen LogP contribution in [-0.2, 0) is 4.74 Å². The summed E-state index contributed by atoms with van der Waals surface area (Å²) in [5.41, 5.74) is 8.18. The molecule has 0 amide bonds. The predicted octanol–water partition coefficient (Wildman–Crippen LogP) is 1.98. The van der Waals surface area contributed by atoms with Gasteiger partial charge in [-0.15, -0.1) is 0 Å². The van der Waals surface area contributed by atoms with Crippen LogP contribution >= 0.6 is 0 Å². The molecule has 0 bridgehead atoms. The number of nitrogen functional groups attached to an aromatic ring is 1. The molecule has 1 aromatic rings. The number of hydrogen-bond donors (Lipinski definition) is 1. The Kier molecular flexibility index (Phi) is 5.07. The standard InChI is InChI=1S/C16H25N3O2/c1-4-21-16(20)12-7-8-15(14(17)10-12)19(3)11-13-6-5-9-18(13)2/h7-8,10,13H,4-6,9,11,17H2,1-3H3. The first-order valence-corrected chi connectivity index (χ1v) is 7.51. The molecule has 2 N–H and O–H groups in total. The molecule has 1 saturated heterocycles. The minimum Gasteiger partial charge on any atom is -0.462 e. The quantitative estimate of drug-likeness (QED) is 0.664. The second-order valence-corrected chi connectivity index (χ2v) is 5.65. The molecular formula is C16H25N3O2. The van der Waals surface area contributed by atoms with Crippen molar-refractivity contribution in [1.82, 2.24) is 4.90 Å². The maximum atomic E-state index is 11.7. The molecule has 2 rings (SSSR count). The number of nitrogens with zero attached hydrogens (tertiary/aromatic N) is 2. The lowest BCUT2D eigenvalue weighted by atomic mass is 10.1. The van der Waals surface area contributed by atoms with Crippen molar-refractivity contribution in [2.24, 2.45) is 0 Å². The molecule has 5 nitrogen and oxygen atoms in total. The van der Waals surface area contributed by atoms with Crippen molar-refractivity contribution >= 4 is 17.3 Å². The number of nitrogens with two attached hydrogens (primary N) is 1. The lowest BCUT2D eigenvalue weighted by Crippen LogP contribution is -2.36. The van der Waals surface area contributed by atoms with Gasteiger partial charge in [0.05, 0.1) is 23.5 Å². The number of esters is 1. The summed E-state index contributed by atoms with van der Waals surface area (Å²) in [6.07, 6.45) is 2.48. The van der Waals surface area contributed by atoms with E-state index in [4.69, 9.17) is 10.5 Å². The number of likely N-dealkylation sites (tertiary alicyclic amines) is 1. The van der Waals surface area contributed by atoms with Crippen LogP contribution in [0, 0.1) is 0 Å². The minimum atomic E-state index is -0.325. The molecule has 1 heterocycles. The van der Waals surface area contributed by atoms with Crippen LogP contribution < -0.4 is 10.6 Å². The van der Waals surface area contributed by atoms with E-state index in [-0.39, 0.29) is 5.97 Å². The van der Waals surface area contributed by atoms with Gasteiger partial charge in [-0.2, -0.15) is 0 Å². The van der Waals surface area contributed by atoms with E-state index in [2.05, 4.69) is 16.8 Å². The van der Waals surface area contributed by atoms with E-state index in [1.807, 2.05) is 13.1 Å². The van der Waals surface area contributed by atoms with Gasteiger partial charge in [-0.3, -0.25) is 0 Å². The zero-order valence-electron chi connectivity index (χ0n) is 13.1. The normalized spacial score (nSPS) is 18.7. The Bertz CT molecular complexity index is 504. The third-order valence-corrected chi connectivity index (χ3v) is 4.11. The smallest absolute Gasteiger partial charge is 0.338 e. The molecule has 5 heteroatoms. The molecule has 116 valence electrons. The van der Waals surface area contributed by atoms with E-state index < -0.39 is 0 Å². The predicted molar refractivity (Wildman–Crippen MR) is 85.7 cm³/mol. The molecule has 1 fully saturated rings. The minimum absolute atomic E-state index is 0.325. The molecule has 1 unspecified atom stereocenters. The molecule has 1 atom stereocenters. The summed E-state index contributed by atoms with van der Waals surface area (Å²) in [4.78, 5) is 16.3. The van der Waals surface area contributed by atoms with Crippen molar-refractivity contribution in [1.29, 1.82) is 0 Å². The number of anilines is 2. The number of hydrogen-bond acceptors (Lipinski definition) is 5. The molecule has 0 spiro atoms. The first-order chi connectivity index (χ1) is 10.0. The second-order valence-electron chi connectivity index (χ2n) is 5.65. The highest BCUT2D eigenvalue weighted by Gasteiger charge is 2.23. The summed E-state index contributed by atoms with van der Waals surface area (Å²) in [5.74, 6) is -0.325. The first-order valence-electron chi connectivity index (χ1n) is 7.51. The topological polar surface area (TPSA) is 58.8 Å². The molecule has 0 aliphatic carbocycles. The summed E-state index contributed by atoms with van der Waals surface area (Å²) in [6, 6.07) is 5.94. The van der Waals surface area contributed by atoms with Gasteiger partial charge >= 0.3 is 5.97 Å². The highest BCUT2D eigenvalue weighted by atomic mass is 16.5. The Hall–Kier alpha value is -1.75. The monoisotopic (exact) mass is 291 g/mol. The Morgan fingerprint density at radius 1 is 1.52 bits per heavy atom. The number of carbonyl (C=O) groups is 1. The summed E-state index contributed by atoms with van der Waals surface area (Å²) in [5, 5.41) is 0. The summed E-state index contributed by atoms with van der Waals surface area (Å²) < 4.78 is 4.99. The van der Waals surface area contributed by atoms with Crippen LogP contribution in [0.4, 0.5) is 11.4 Å². The van der Waals surface area contributed by atoms with Crippen LogP contribution in [0.1, 0.15) is 30.1 Å². The molecular weight excluding hydrogens is 266 g/mol. The molecule has 0 radical (unpaired) electrons. The van der Waals surface area contributed by atoms with Crippen LogP contribution in [0.15, 0.2) is 18.2 Å². The van der Waals surface area contributed by atoms with Gasteiger partial charge in [0.15, 0.2) is 0 Å². The highest BCUT2D eigenvalue weighted by Crippen LogP contribution is 2.26.